The Morgan fingerprint density at radius 3 is 2.44 bits per heavy atom. The molecule has 1 heterocycles. The van der Waals surface area contributed by atoms with Crippen molar-refractivity contribution in [3.05, 3.63) is 66.4 Å². The van der Waals surface area contributed by atoms with Gasteiger partial charge in [-0.1, -0.05) is 48.5 Å². The highest BCUT2D eigenvalue weighted by atomic mass is 32.2. The molecule has 0 unspecified atom stereocenters. The lowest BCUT2D eigenvalue weighted by Gasteiger charge is -2.08. The van der Waals surface area contributed by atoms with Gasteiger partial charge in [0.25, 0.3) is 0 Å². The van der Waals surface area contributed by atoms with E-state index in [-0.39, 0.29) is 0 Å². The molecule has 3 rings (SSSR count). The summed E-state index contributed by atoms with van der Waals surface area (Å²) in [5.74, 6) is 1.13. The van der Waals surface area contributed by atoms with E-state index in [4.69, 9.17) is 15.1 Å². The van der Waals surface area contributed by atoms with E-state index < -0.39 is 0 Å². The maximum Gasteiger partial charge on any atom is 0.166 e. The summed E-state index contributed by atoms with van der Waals surface area (Å²) in [5.41, 5.74) is 4.24. The Morgan fingerprint density at radius 2 is 1.80 bits per heavy atom. The Bertz CT molecular complexity index is 801. The number of hydrogen-bond donors (Lipinski definition) is 1. The molecule has 0 saturated carbocycles. The number of hydrogen-bond acceptors (Lipinski definition) is 5. The summed E-state index contributed by atoms with van der Waals surface area (Å²) in [6.07, 6.45) is 0.940. The first-order valence-electron chi connectivity index (χ1n) is 8.12. The van der Waals surface area contributed by atoms with Crippen molar-refractivity contribution in [2.24, 2.45) is 11.1 Å². The first-order valence-corrected chi connectivity index (χ1v) is 8.92. The molecule has 0 amide bonds. The van der Waals surface area contributed by atoms with Crippen LogP contribution in [0.1, 0.15) is 19.5 Å². The Kier molecular flexibility index (Phi) is 5.75. The van der Waals surface area contributed by atoms with Crippen LogP contribution in [0.2, 0.25) is 0 Å². The summed E-state index contributed by atoms with van der Waals surface area (Å²) in [4.78, 5) is 5.03. The quantitative estimate of drug-likeness (QED) is 0.291. The van der Waals surface area contributed by atoms with Crippen molar-refractivity contribution in [3.8, 4) is 22.7 Å². The van der Waals surface area contributed by atoms with Crippen molar-refractivity contribution >= 4 is 12.2 Å². The summed E-state index contributed by atoms with van der Waals surface area (Å²) < 4.78 is 6.65. The average Bonchev–Trinajstić information content (AvgIpc) is 3.04. The standard InChI is InChI=1S/C19H21N3O2S/c1-14(2)12-16-13-19(15-6-4-3-5-7-15)22(21-16)17-8-10-18(11-9-17)23-24-25-20/h3-11,13-14H,12,20H2,1-2H3. The maximum atomic E-state index is 5.18. The molecule has 0 aliphatic rings. The van der Waals surface area contributed by atoms with Crippen molar-refractivity contribution in [3.63, 3.8) is 0 Å². The minimum atomic E-state index is 0.550. The number of rotatable bonds is 7. The van der Waals surface area contributed by atoms with Gasteiger partial charge in [-0.3, -0.25) is 5.14 Å². The minimum absolute atomic E-state index is 0.550. The van der Waals surface area contributed by atoms with E-state index in [0.717, 1.165) is 29.1 Å². The van der Waals surface area contributed by atoms with Gasteiger partial charge in [-0.15, -0.1) is 0 Å². The van der Waals surface area contributed by atoms with Crippen molar-refractivity contribution in [1.29, 1.82) is 0 Å². The van der Waals surface area contributed by atoms with Crippen molar-refractivity contribution < 1.29 is 9.22 Å². The van der Waals surface area contributed by atoms with E-state index in [1.54, 1.807) is 0 Å². The molecule has 0 radical (unpaired) electrons. The molecule has 2 aromatic carbocycles. The van der Waals surface area contributed by atoms with Crippen molar-refractivity contribution in [1.82, 2.24) is 9.78 Å². The zero-order valence-electron chi connectivity index (χ0n) is 14.3. The van der Waals surface area contributed by atoms with Gasteiger partial charge in [0.1, 0.15) is 12.2 Å². The van der Waals surface area contributed by atoms with Gasteiger partial charge in [-0.25, -0.2) is 4.68 Å². The maximum absolute atomic E-state index is 5.18. The molecular weight excluding hydrogens is 334 g/mol. The van der Waals surface area contributed by atoms with Crippen LogP contribution in [-0.4, -0.2) is 9.78 Å². The third kappa shape index (κ3) is 4.42. The van der Waals surface area contributed by atoms with Gasteiger partial charge >= 0.3 is 0 Å². The van der Waals surface area contributed by atoms with Crippen LogP contribution in [0.15, 0.2) is 60.7 Å². The fraction of sp³-hybridized carbons (Fsp3) is 0.211. The Labute approximate surface area is 152 Å². The number of benzene rings is 2. The number of nitrogens with two attached hydrogens (primary N) is 1. The van der Waals surface area contributed by atoms with Gasteiger partial charge in [0.15, 0.2) is 5.75 Å². The molecule has 3 aromatic rings. The Hall–Kier alpha value is -2.28. The van der Waals surface area contributed by atoms with Gasteiger partial charge in [0.05, 0.1) is 17.1 Å². The second-order valence-electron chi connectivity index (χ2n) is 6.14. The molecule has 0 bridgehead atoms. The lowest BCUT2D eigenvalue weighted by Crippen LogP contribution is -2.01. The summed E-state index contributed by atoms with van der Waals surface area (Å²) in [6.45, 7) is 4.39. The van der Waals surface area contributed by atoms with Crippen LogP contribution < -0.4 is 10.0 Å². The van der Waals surface area contributed by atoms with Gasteiger partial charge in [-0.2, -0.15) is 5.10 Å². The van der Waals surface area contributed by atoms with Crippen LogP contribution in [-0.2, 0) is 10.8 Å². The lowest BCUT2D eigenvalue weighted by atomic mass is 10.1. The SMILES string of the molecule is CC(C)Cc1cc(-c2ccccc2)n(-c2ccc(OOSN)cc2)n1. The van der Waals surface area contributed by atoms with Crippen molar-refractivity contribution in [2.75, 3.05) is 0 Å². The summed E-state index contributed by atoms with van der Waals surface area (Å²) in [6, 6.07) is 20.0. The van der Waals surface area contributed by atoms with Crippen LogP contribution in [0.25, 0.3) is 16.9 Å². The summed E-state index contributed by atoms with van der Waals surface area (Å²) >= 11 is 0.666. The predicted molar refractivity (Wildman–Crippen MR) is 101 cm³/mol. The van der Waals surface area contributed by atoms with Crippen LogP contribution in [0.5, 0.6) is 5.75 Å². The molecule has 0 saturated heterocycles. The second-order valence-corrected chi connectivity index (χ2v) is 6.47. The van der Waals surface area contributed by atoms with Gasteiger partial charge in [0, 0.05) is 5.56 Å². The first-order chi connectivity index (χ1) is 12.2. The first kappa shape index (κ1) is 17.5. The van der Waals surface area contributed by atoms with E-state index in [0.29, 0.717) is 23.9 Å². The molecule has 1 aromatic heterocycles. The topological polar surface area (TPSA) is 62.3 Å². The van der Waals surface area contributed by atoms with Gasteiger partial charge < -0.3 is 4.89 Å². The second kappa shape index (κ2) is 8.20. The highest BCUT2D eigenvalue weighted by Crippen LogP contribution is 2.26. The van der Waals surface area contributed by atoms with E-state index in [9.17, 15) is 0 Å². The van der Waals surface area contributed by atoms with Crippen LogP contribution in [0.3, 0.4) is 0 Å². The van der Waals surface area contributed by atoms with E-state index in [1.807, 2.05) is 47.1 Å². The summed E-state index contributed by atoms with van der Waals surface area (Å²) in [5, 5.41) is 9.99. The molecule has 6 heteroatoms. The number of aromatic nitrogens is 2. The largest absolute Gasteiger partial charge is 0.324 e. The fourth-order valence-corrected chi connectivity index (χ4v) is 2.78. The monoisotopic (exact) mass is 355 g/mol. The summed E-state index contributed by atoms with van der Waals surface area (Å²) in [7, 11) is 0. The molecule has 0 atom stereocenters. The lowest BCUT2D eigenvalue weighted by molar-refractivity contribution is -0.0777. The molecule has 25 heavy (non-hydrogen) atoms. The minimum Gasteiger partial charge on any atom is -0.324 e. The normalized spacial score (nSPS) is 11.0. The smallest absolute Gasteiger partial charge is 0.166 e. The van der Waals surface area contributed by atoms with Crippen LogP contribution in [0.4, 0.5) is 0 Å². The Balaban J connectivity index is 1.97. The number of nitrogens with zero attached hydrogens (tertiary/aromatic N) is 2. The molecule has 0 fully saturated rings. The van der Waals surface area contributed by atoms with E-state index in [2.05, 4.69) is 36.4 Å². The Morgan fingerprint density at radius 1 is 1.08 bits per heavy atom. The molecule has 5 nitrogen and oxygen atoms in total. The highest BCUT2D eigenvalue weighted by molar-refractivity contribution is 7.92. The highest BCUT2D eigenvalue weighted by Gasteiger charge is 2.13. The van der Waals surface area contributed by atoms with E-state index in [1.165, 1.54) is 0 Å². The van der Waals surface area contributed by atoms with Gasteiger partial charge in [-0.05, 0) is 42.7 Å². The van der Waals surface area contributed by atoms with Crippen LogP contribution >= 0.6 is 12.2 Å². The molecule has 0 aliphatic heterocycles. The third-order valence-corrected chi connectivity index (χ3v) is 3.84. The van der Waals surface area contributed by atoms with Crippen LogP contribution in [0, 0.1) is 5.92 Å². The molecule has 2 N–H and O–H groups in total. The molecule has 130 valence electrons. The molecular formula is C19H21N3O2S. The van der Waals surface area contributed by atoms with Gasteiger partial charge in [0.2, 0.25) is 0 Å². The third-order valence-electron chi connectivity index (χ3n) is 3.70. The average molecular weight is 355 g/mol. The molecule has 0 spiro atoms. The zero-order valence-corrected chi connectivity index (χ0v) is 15.1. The van der Waals surface area contributed by atoms with E-state index >= 15 is 0 Å². The fourth-order valence-electron chi connectivity index (χ4n) is 2.66. The predicted octanol–water partition coefficient (Wildman–Crippen LogP) is 4.57. The van der Waals surface area contributed by atoms with Crippen molar-refractivity contribution in [2.45, 2.75) is 20.3 Å². The molecule has 0 aliphatic carbocycles. The zero-order chi connectivity index (χ0) is 17.6.